The van der Waals surface area contributed by atoms with Gasteiger partial charge in [-0.3, -0.25) is 9.59 Å². The van der Waals surface area contributed by atoms with E-state index in [1.807, 2.05) is 66.5 Å². The summed E-state index contributed by atoms with van der Waals surface area (Å²) in [6, 6.07) is 17.5. The van der Waals surface area contributed by atoms with Crippen molar-refractivity contribution in [3.05, 3.63) is 65.7 Å². The average Bonchev–Trinajstić information content (AvgIpc) is 2.74. The van der Waals surface area contributed by atoms with Crippen LogP contribution in [0.4, 0.5) is 5.69 Å². The summed E-state index contributed by atoms with van der Waals surface area (Å²) in [4.78, 5) is 29.0. The summed E-state index contributed by atoms with van der Waals surface area (Å²) in [6.45, 7) is 2.08. The number of para-hydroxylation sites is 1. The average molecular weight is 412 g/mol. The highest BCUT2D eigenvalue weighted by Gasteiger charge is 2.24. The number of carbonyl (C=O) groups is 2. The molecule has 2 aromatic carbocycles. The molecule has 2 aromatic rings. The first kappa shape index (κ1) is 21.4. The van der Waals surface area contributed by atoms with E-state index in [0.29, 0.717) is 11.8 Å². The molecule has 0 aromatic heterocycles. The normalized spacial score (nSPS) is 15.1. The Labute approximate surface area is 177 Å². The molecule has 0 spiro atoms. The van der Waals surface area contributed by atoms with Gasteiger partial charge in [0.15, 0.2) is 0 Å². The molecule has 0 radical (unpaired) electrons. The van der Waals surface area contributed by atoms with Crippen LogP contribution in [-0.4, -0.2) is 60.6 Å². The van der Waals surface area contributed by atoms with Gasteiger partial charge in [-0.1, -0.05) is 30.3 Å². The number of thioether (sulfide) groups is 1. The van der Waals surface area contributed by atoms with Crippen LogP contribution < -0.4 is 5.32 Å². The van der Waals surface area contributed by atoms with Crippen LogP contribution in [-0.2, 0) is 10.5 Å². The summed E-state index contributed by atoms with van der Waals surface area (Å²) in [7, 11) is 4.04. The molecule has 1 aliphatic heterocycles. The molecule has 1 saturated heterocycles. The molecule has 1 N–H and O–H groups in total. The first-order valence-corrected chi connectivity index (χ1v) is 11.2. The summed E-state index contributed by atoms with van der Waals surface area (Å²) >= 11 is 1.57. The summed E-state index contributed by atoms with van der Waals surface area (Å²) < 4.78 is 0. The van der Waals surface area contributed by atoms with Crippen molar-refractivity contribution in [1.82, 2.24) is 9.80 Å². The van der Waals surface area contributed by atoms with Crippen LogP contribution in [0.1, 0.15) is 28.8 Å². The van der Waals surface area contributed by atoms with E-state index in [9.17, 15) is 9.59 Å². The van der Waals surface area contributed by atoms with Crippen molar-refractivity contribution in [2.24, 2.45) is 0 Å². The van der Waals surface area contributed by atoms with Gasteiger partial charge >= 0.3 is 0 Å². The molecule has 29 heavy (non-hydrogen) atoms. The van der Waals surface area contributed by atoms with Gasteiger partial charge < -0.3 is 15.1 Å². The van der Waals surface area contributed by atoms with Crippen molar-refractivity contribution >= 4 is 29.3 Å². The molecule has 1 fully saturated rings. The van der Waals surface area contributed by atoms with E-state index in [-0.39, 0.29) is 11.8 Å². The van der Waals surface area contributed by atoms with Crippen LogP contribution >= 0.6 is 11.8 Å². The molecule has 0 atom stereocenters. The molecule has 0 aliphatic carbocycles. The Balaban J connectivity index is 1.44. The van der Waals surface area contributed by atoms with Crippen molar-refractivity contribution < 1.29 is 9.59 Å². The van der Waals surface area contributed by atoms with E-state index >= 15 is 0 Å². The molecule has 0 bridgehead atoms. The third-order valence-corrected chi connectivity index (χ3v) is 6.32. The minimum atomic E-state index is -0.00671. The number of nitrogens with one attached hydrogen (secondary N) is 1. The number of nitrogens with zero attached hydrogens (tertiary/aromatic N) is 2. The molecular weight excluding hydrogens is 382 g/mol. The molecule has 154 valence electrons. The van der Waals surface area contributed by atoms with E-state index in [0.717, 1.165) is 48.5 Å². The number of rotatable bonds is 7. The van der Waals surface area contributed by atoms with Crippen LogP contribution in [0.25, 0.3) is 0 Å². The Bertz CT molecular complexity index is 803. The summed E-state index contributed by atoms with van der Waals surface area (Å²) in [5.74, 6) is 1.21. The predicted octanol–water partition coefficient (Wildman–Crippen LogP) is 3.72. The zero-order chi connectivity index (χ0) is 20.6. The lowest BCUT2D eigenvalue weighted by Gasteiger charge is -2.35. The quantitative estimate of drug-likeness (QED) is 0.754. The van der Waals surface area contributed by atoms with Crippen molar-refractivity contribution in [2.45, 2.75) is 24.6 Å². The fourth-order valence-electron chi connectivity index (χ4n) is 3.48. The highest BCUT2D eigenvalue weighted by Crippen LogP contribution is 2.18. The predicted molar refractivity (Wildman–Crippen MR) is 120 cm³/mol. The minimum Gasteiger partial charge on any atom is -0.339 e. The Morgan fingerprint density at radius 3 is 2.38 bits per heavy atom. The maximum atomic E-state index is 12.8. The van der Waals surface area contributed by atoms with E-state index in [2.05, 4.69) is 17.3 Å². The number of amides is 2. The smallest absolute Gasteiger partial charge is 0.253 e. The molecule has 6 heteroatoms. The van der Waals surface area contributed by atoms with E-state index < -0.39 is 0 Å². The zero-order valence-electron chi connectivity index (χ0n) is 17.1. The summed E-state index contributed by atoms with van der Waals surface area (Å²) in [5, 5.41) is 2.89. The first-order chi connectivity index (χ1) is 14.0. The van der Waals surface area contributed by atoms with E-state index in [1.54, 1.807) is 11.8 Å². The first-order valence-electron chi connectivity index (χ1n) is 10.00. The molecule has 2 amide bonds. The number of hydrogen-bond acceptors (Lipinski definition) is 4. The number of likely N-dealkylation sites (tertiary alicyclic amines) is 1. The van der Waals surface area contributed by atoms with Gasteiger partial charge in [-0.05, 0) is 62.8 Å². The van der Waals surface area contributed by atoms with Gasteiger partial charge in [-0.15, -0.1) is 11.8 Å². The summed E-state index contributed by atoms with van der Waals surface area (Å²) in [5.41, 5.74) is 2.65. The third-order valence-electron chi connectivity index (χ3n) is 5.32. The lowest BCUT2D eigenvalue weighted by atomic mass is 10.0. The van der Waals surface area contributed by atoms with Crippen LogP contribution in [0.15, 0.2) is 54.6 Å². The summed E-state index contributed by atoms with van der Waals surface area (Å²) in [6.07, 6.45) is 2.05. The standard InChI is InChI=1S/C23H29N3O2S/c1-25-14-12-21(13-15-25)26(2)23(28)19-10-8-18(9-11-19)16-29-17-22(27)24-20-6-4-3-5-7-20/h3-11,21H,12-17H2,1-2H3,(H,24,27). The lowest BCUT2D eigenvalue weighted by molar-refractivity contribution is -0.113. The van der Waals surface area contributed by atoms with Crippen molar-refractivity contribution in [3.8, 4) is 0 Å². The number of carbonyl (C=O) groups excluding carboxylic acids is 2. The molecule has 1 heterocycles. The fourth-order valence-corrected chi connectivity index (χ4v) is 4.26. The van der Waals surface area contributed by atoms with Gasteiger partial charge in [0, 0.05) is 30.1 Å². The van der Waals surface area contributed by atoms with Gasteiger partial charge in [0.25, 0.3) is 5.91 Å². The van der Waals surface area contributed by atoms with Crippen molar-refractivity contribution in [1.29, 1.82) is 0 Å². The maximum Gasteiger partial charge on any atom is 0.253 e. The number of benzene rings is 2. The van der Waals surface area contributed by atoms with E-state index in [4.69, 9.17) is 0 Å². The second-order valence-electron chi connectivity index (χ2n) is 7.55. The number of anilines is 1. The third kappa shape index (κ3) is 6.34. The van der Waals surface area contributed by atoms with Gasteiger partial charge in [-0.25, -0.2) is 0 Å². The molecule has 0 saturated carbocycles. The Hall–Kier alpha value is -2.31. The maximum absolute atomic E-state index is 12.8. The van der Waals surface area contributed by atoms with Gasteiger partial charge in [0.05, 0.1) is 5.75 Å². The van der Waals surface area contributed by atoms with Crippen molar-refractivity contribution in [3.63, 3.8) is 0 Å². The molecular formula is C23H29N3O2S. The Kier molecular flexibility index (Phi) is 7.72. The van der Waals surface area contributed by atoms with Gasteiger partial charge in [-0.2, -0.15) is 0 Å². The second-order valence-corrected chi connectivity index (χ2v) is 8.54. The van der Waals surface area contributed by atoms with Crippen LogP contribution in [0.3, 0.4) is 0 Å². The topological polar surface area (TPSA) is 52.7 Å². The van der Waals surface area contributed by atoms with E-state index in [1.165, 1.54) is 0 Å². The lowest BCUT2D eigenvalue weighted by Crippen LogP contribution is -2.44. The van der Waals surface area contributed by atoms with Gasteiger partial charge in [0.1, 0.15) is 0 Å². The number of piperidine rings is 1. The monoisotopic (exact) mass is 411 g/mol. The highest BCUT2D eigenvalue weighted by atomic mass is 32.2. The van der Waals surface area contributed by atoms with Crippen LogP contribution in [0.5, 0.6) is 0 Å². The fraction of sp³-hybridized carbons (Fsp3) is 0.391. The van der Waals surface area contributed by atoms with Gasteiger partial charge in [0.2, 0.25) is 5.91 Å². The molecule has 1 aliphatic rings. The largest absolute Gasteiger partial charge is 0.339 e. The molecule has 3 rings (SSSR count). The Morgan fingerprint density at radius 1 is 1.07 bits per heavy atom. The highest BCUT2D eigenvalue weighted by molar-refractivity contribution is 7.99. The molecule has 0 unspecified atom stereocenters. The number of hydrogen-bond donors (Lipinski definition) is 1. The minimum absolute atomic E-state index is 0.00671. The molecule has 5 nitrogen and oxygen atoms in total. The van der Waals surface area contributed by atoms with Crippen molar-refractivity contribution in [2.75, 3.05) is 38.3 Å². The second kappa shape index (κ2) is 10.5. The zero-order valence-corrected chi connectivity index (χ0v) is 18.0. The SMILES string of the molecule is CN1CCC(N(C)C(=O)c2ccc(CSCC(=O)Nc3ccccc3)cc2)CC1. The van der Waals surface area contributed by atoms with Crippen LogP contribution in [0, 0.1) is 0 Å². The Morgan fingerprint density at radius 2 is 1.72 bits per heavy atom. The van der Waals surface area contributed by atoms with Crippen LogP contribution in [0.2, 0.25) is 0 Å².